The van der Waals surface area contributed by atoms with Crippen LogP contribution in [0.2, 0.25) is 0 Å². The molecule has 0 aromatic heterocycles. The Morgan fingerprint density at radius 1 is 1.33 bits per heavy atom. The highest BCUT2D eigenvalue weighted by atomic mass is 79.9. The molecule has 0 aliphatic heterocycles. The van der Waals surface area contributed by atoms with Gasteiger partial charge in [-0.1, -0.05) is 0 Å². The number of methoxy groups -OCH3 is 1. The molecule has 0 bridgehead atoms. The zero-order valence-electron chi connectivity index (χ0n) is 12.3. The molecule has 1 rings (SSSR count). The van der Waals surface area contributed by atoms with E-state index < -0.39 is 10.0 Å². The predicted molar refractivity (Wildman–Crippen MR) is 83.6 cm³/mol. The lowest BCUT2D eigenvalue weighted by molar-refractivity contribution is -0.128. The highest BCUT2D eigenvalue weighted by Crippen LogP contribution is 2.33. The van der Waals surface area contributed by atoms with Gasteiger partial charge in [0.1, 0.15) is 10.6 Å². The summed E-state index contributed by atoms with van der Waals surface area (Å²) in [6, 6.07) is 2.78. The number of anilines is 1. The summed E-state index contributed by atoms with van der Waals surface area (Å²) >= 11 is 3.21. The van der Waals surface area contributed by atoms with Gasteiger partial charge < -0.3 is 15.4 Å². The van der Waals surface area contributed by atoms with Gasteiger partial charge in [0.2, 0.25) is 15.9 Å². The molecule has 0 saturated carbocycles. The molecule has 1 aromatic rings. The number of carbonyl (C=O) groups excluding carboxylic acids is 1. The Hall–Kier alpha value is -1.32. The Morgan fingerprint density at radius 2 is 1.90 bits per heavy atom. The largest absolute Gasteiger partial charge is 0.495 e. The Kier molecular flexibility index (Phi) is 5.60. The minimum atomic E-state index is -3.89. The number of halogens is 1. The molecule has 0 fully saturated rings. The number of amides is 1. The number of benzene rings is 1. The number of nitrogen functional groups attached to an aromatic ring is 1. The molecule has 118 valence electrons. The van der Waals surface area contributed by atoms with Crippen molar-refractivity contribution in [2.75, 3.05) is 40.5 Å². The molecule has 9 heteroatoms. The van der Waals surface area contributed by atoms with Crippen LogP contribution in [0, 0.1) is 0 Å². The van der Waals surface area contributed by atoms with Crippen molar-refractivity contribution in [3.05, 3.63) is 16.6 Å². The monoisotopic (exact) mass is 379 g/mol. The maximum Gasteiger partial charge on any atom is 0.247 e. The van der Waals surface area contributed by atoms with Crippen LogP contribution in [-0.4, -0.2) is 58.3 Å². The lowest BCUT2D eigenvalue weighted by Crippen LogP contribution is -2.37. The van der Waals surface area contributed by atoms with Crippen molar-refractivity contribution in [1.29, 1.82) is 0 Å². The average molecular weight is 380 g/mol. The third kappa shape index (κ3) is 3.86. The van der Waals surface area contributed by atoms with Crippen LogP contribution in [0.4, 0.5) is 5.69 Å². The van der Waals surface area contributed by atoms with Crippen LogP contribution < -0.4 is 10.5 Å². The Morgan fingerprint density at radius 3 is 2.38 bits per heavy atom. The molecular weight excluding hydrogens is 362 g/mol. The lowest BCUT2D eigenvalue weighted by Gasteiger charge is -2.20. The maximum atomic E-state index is 12.5. The maximum absolute atomic E-state index is 12.5. The summed E-state index contributed by atoms with van der Waals surface area (Å²) in [5, 5.41) is 0. The fraction of sp³-hybridized carbons (Fsp3) is 0.417. The molecular formula is C12H18BrN3O4S. The number of hydrogen-bond donors (Lipinski definition) is 1. The number of ether oxygens (including phenoxy) is 1. The number of rotatable bonds is 5. The van der Waals surface area contributed by atoms with Crippen LogP contribution in [0.15, 0.2) is 21.5 Å². The first kappa shape index (κ1) is 17.7. The normalized spacial score (nSPS) is 11.5. The van der Waals surface area contributed by atoms with Gasteiger partial charge in [-0.25, -0.2) is 8.42 Å². The summed E-state index contributed by atoms with van der Waals surface area (Å²) in [5.74, 6) is -0.176. The molecule has 0 atom stereocenters. The molecule has 21 heavy (non-hydrogen) atoms. The first-order valence-corrected chi connectivity index (χ1v) is 8.14. The molecule has 0 aliphatic carbocycles. The summed E-state index contributed by atoms with van der Waals surface area (Å²) in [5.41, 5.74) is 6.00. The average Bonchev–Trinajstić information content (AvgIpc) is 2.40. The van der Waals surface area contributed by atoms with Crippen LogP contribution in [-0.2, 0) is 14.8 Å². The van der Waals surface area contributed by atoms with Gasteiger partial charge in [-0.15, -0.1) is 0 Å². The van der Waals surface area contributed by atoms with E-state index in [1.165, 1.54) is 31.2 Å². The summed E-state index contributed by atoms with van der Waals surface area (Å²) in [6.07, 6.45) is 0. The number of nitrogens with two attached hydrogens (primary N) is 1. The topological polar surface area (TPSA) is 92.9 Å². The van der Waals surface area contributed by atoms with Crippen LogP contribution >= 0.6 is 15.9 Å². The zero-order valence-corrected chi connectivity index (χ0v) is 14.7. The summed E-state index contributed by atoms with van der Waals surface area (Å²) < 4.78 is 31.7. The van der Waals surface area contributed by atoms with Crippen LogP contribution in [0.25, 0.3) is 0 Å². The van der Waals surface area contributed by atoms with Gasteiger partial charge in [0, 0.05) is 31.3 Å². The molecule has 1 amide bonds. The van der Waals surface area contributed by atoms with E-state index in [9.17, 15) is 13.2 Å². The third-order valence-corrected chi connectivity index (χ3v) is 5.34. The number of hydrogen-bond acceptors (Lipinski definition) is 5. The summed E-state index contributed by atoms with van der Waals surface area (Å²) in [6.45, 7) is -0.269. The number of sulfonamides is 1. The van der Waals surface area contributed by atoms with Gasteiger partial charge in [-0.2, -0.15) is 4.31 Å². The van der Waals surface area contributed by atoms with Gasteiger partial charge in [0.25, 0.3) is 0 Å². The predicted octanol–water partition coefficient (Wildman–Crippen LogP) is 0.749. The van der Waals surface area contributed by atoms with E-state index in [2.05, 4.69) is 15.9 Å². The smallest absolute Gasteiger partial charge is 0.247 e. The SMILES string of the molecule is COc1cc(Br)c(N)cc1S(=O)(=O)N(C)CC(=O)N(C)C. The molecule has 1 aromatic carbocycles. The van der Waals surface area contributed by atoms with Crippen molar-refractivity contribution in [2.45, 2.75) is 4.90 Å². The molecule has 7 nitrogen and oxygen atoms in total. The number of carbonyl (C=O) groups is 1. The van der Waals surface area contributed by atoms with Crippen molar-refractivity contribution in [3.8, 4) is 5.75 Å². The van der Waals surface area contributed by atoms with Crippen LogP contribution in [0.5, 0.6) is 5.75 Å². The van der Waals surface area contributed by atoms with Gasteiger partial charge in [-0.05, 0) is 28.1 Å². The Bertz CT molecular complexity index is 646. The molecule has 0 radical (unpaired) electrons. The van der Waals surface area contributed by atoms with Gasteiger partial charge >= 0.3 is 0 Å². The number of nitrogens with zero attached hydrogens (tertiary/aromatic N) is 2. The molecule has 2 N–H and O–H groups in total. The van der Waals surface area contributed by atoms with E-state index in [-0.39, 0.29) is 28.8 Å². The molecule has 0 saturated heterocycles. The minimum Gasteiger partial charge on any atom is -0.495 e. The standard InChI is InChI=1S/C12H18BrN3O4S/c1-15(2)12(17)7-16(3)21(18,19)11-6-9(14)8(13)5-10(11)20-4/h5-6H,7,14H2,1-4H3. The fourth-order valence-corrected chi connectivity index (χ4v) is 3.11. The molecule has 0 heterocycles. The van der Waals surface area contributed by atoms with Crippen molar-refractivity contribution in [2.24, 2.45) is 0 Å². The Balaban J connectivity index is 3.24. The lowest BCUT2D eigenvalue weighted by atomic mass is 10.3. The van der Waals surface area contributed by atoms with Crippen molar-refractivity contribution < 1.29 is 17.9 Å². The van der Waals surface area contributed by atoms with Crippen LogP contribution in [0.3, 0.4) is 0 Å². The van der Waals surface area contributed by atoms with E-state index in [4.69, 9.17) is 10.5 Å². The van der Waals surface area contributed by atoms with Crippen molar-refractivity contribution >= 4 is 37.5 Å². The zero-order chi connectivity index (χ0) is 16.4. The molecule has 0 aliphatic rings. The van der Waals surface area contributed by atoms with E-state index in [0.29, 0.717) is 4.47 Å². The highest BCUT2D eigenvalue weighted by molar-refractivity contribution is 9.10. The summed E-state index contributed by atoms with van der Waals surface area (Å²) in [7, 11) is 1.91. The van der Waals surface area contributed by atoms with Crippen LogP contribution in [0.1, 0.15) is 0 Å². The van der Waals surface area contributed by atoms with Crippen molar-refractivity contribution in [1.82, 2.24) is 9.21 Å². The first-order valence-electron chi connectivity index (χ1n) is 5.90. The quantitative estimate of drug-likeness (QED) is 0.761. The van der Waals surface area contributed by atoms with Gasteiger partial charge in [-0.3, -0.25) is 4.79 Å². The van der Waals surface area contributed by atoms with E-state index in [0.717, 1.165) is 4.31 Å². The summed E-state index contributed by atoms with van der Waals surface area (Å²) in [4.78, 5) is 12.9. The van der Waals surface area contributed by atoms with E-state index in [1.54, 1.807) is 14.1 Å². The second-order valence-corrected chi connectivity index (χ2v) is 7.44. The highest BCUT2D eigenvalue weighted by Gasteiger charge is 2.27. The second kappa shape index (κ2) is 6.63. The van der Waals surface area contributed by atoms with Crippen molar-refractivity contribution in [3.63, 3.8) is 0 Å². The molecule has 0 unspecified atom stereocenters. The fourth-order valence-electron chi connectivity index (χ4n) is 1.50. The van der Waals surface area contributed by atoms with E-state index >= 15 is 0 Å². The third-order valence-electron chi connectivity index (χ3n) is 2.83. The van der Waals surface area contributed by atoms with Gasteiger partial charge in [0.15, 0.2) is 0 Å². The first-order chi connectivity index (χ1) is 9.61. The molecule has 0 spiro atoms. The van der Waals surface area contributed by atoms with E-state index in [1.807, 2.05) is 0 Å². The number of likely N-dealkylation sites (N-methyl/N-ethyl adjacent to an activating group) is 2. The second-order valence-electron chi connectivity index (χ2n) is 4.57. The Labute approximate surface area is 132 Å². The van der Waals surface area contributed by atoms with Gasteiger partial charge in [0.05, 0.1) is 13.7 Å². The minimum absolute atomic E-state index is 0.0836.